The molecule has 0 saturated heterocycles. The molecule has 3 N–H and O–H groups in total. The minimum absolute atomic E-state index is 0.684. The molecule has 0 bridgehead atoms. The molecule has 0 radical (unpaired) electrons. The van der Waals surface area contributed by atoms with Crippen molar-refractivity contribution in [1.29, 1.82) is 0 Å². The highest BCUT2D eigenvalue weighted by Gasteiger charge is 2.15. The first-order valence-corrected chi connectivity index (χ1v) is 9.51. The van der Waals surface area contributed by atoms with E-state index in [9.17, 15) is 0 Å². The Balaban J connectivity index is 1.74. The molecule has 0 atom stereocenters. The number of nitrogens with one attached hydrogen (secondary N) is 1. The van der Waals surface area contributed by atoms with Gasteiger partial charge in [-0.05, 0) is 30.3 Å². The SMILES string of the molecule is Nc1cccc(Nc2nn3c(-c4ccc(Br)cc4)nnc3c3ccccc23)c1. The van der Waals surface area contributed by atoms with Crippen molar-refractivity contribution in [1.82, 2.24) is 19.8 Å². The van der Waals surface area contributed by atoms with Crippen LogP contribution in [0.2, 0.25) is 0 Å². The van der Waals surface area contributed by atoms with Gasteiger partial charge >= 0.3 is 0 Å². The van der Waals surface area contributed by atoms with Crippen LogP contribution in [0.5, 0.6) is 0 Å². The fourth-order valence-electron chi connectivity index (χ4n) is 3.21. The minimum Gasteiger partial charge on any atom is -0.399 e. The van der Waals surface area contributed by atoms with Crippen LogP contribution in [-0.2, 0) is 0 Å². The third-order valence-corrected chi connectivity index (χ3v) is 5.04. The van der Waals surface area contributed by atoms with Crippen molar-refractivity contribution in [3.63, 3.8) is 0 Å². The molecular weight excluding hydrogens is 416 g/mol. The van der Waals surface area contributed by atoms with Gasteiger partial charge in [-0.15, -0.1) is 15.3 Å². The van der Waals surface area contributed by atoms with Gasteiger partial charge in [-0.25, -0.2) is 0 Å². The lowest BCUT2D eigenvalue weighted by Crippen LogP contribution is -2.02. The maximum Gasteiger partial charge on any atom is 0.186 e. The van der Waals surface area contributed by atoms with Crippen LogP contribution in [0.1, 0.15) is 0 Å². The predicted octanol–water partition coefficient (Wildman–Crippen LogP) is 5.03. The molecule has 28 heavy (non-hydrogen) atoms. The molecule has 3 aromatic carbocycles. The molecule has 2 heterocycles. The van der Waals surface area contributed by atoms with Crippen LogP contribution in [0.4, 0.5) is 17.2 Å². The van der Waals surface area contributed by atoms with Crippen LogP contribution in [-0.4, -0.2) is 19.8 Å². The lowest BCUT2D eigenvalue weighted by atomic mass is 10.1. The summed E-state index contributed by atoms with van der Waals surface area (Å²) < 4.78 is 2.78. The molecule has 0 spiro atoms. The number of nitrogens with zero attached hydrogens (tertiary/aromatic N) is 4. The molecule has 5 aromatic rings. The van der Waals surface area contributed by atoms with Crippen LogP contribution in [0, 0.1) is 0 Å². The summed E-state index contributed by atoms with van der Waals surface area (Å²) >= 11 is 3.47. The highest BCUT2D eigenvalue weighted by Crippen LogP contribution is 2.30. The highest BCUT2D eigenvalue weighted by atomic mass is 79.9. The van der Waals surface area contributed by atoms with Crippen LogP contribution in [0.25, 0.3) is 27.8 Å². The maximum atomic E-state index is 5.92. The summed E-state index contributed by atoms with van der Waals surface area (Å²) in [5.74, 6) is 1.40. The fourth-order valence-corrected chi connectivity index (χ4v) is 3.47. The molecule has 0 fully saturated rings. The van der Waals surface area contributed by atoms with E-state index in [-0.39, 0.29) is 0 Å². The van der Waals surface area contributed by atoms with Gasteiger partial charge in [0.25, 0.3) is 0 Å². The van der Waals surface area contributed by atoms with Gasteiger partial charge in [0.05, 0.1) is 0 Å². The molecule has 2 aromatic heterocycles. The summed E-state index contributed by atoms with van der Waals surface area (Å²) in [6.45, 7) is 0. The largest absolute Gasteiger partial charge is 0.399 e. The Morgan fingerprint density at radius 2 is 1.64 bits per heavy atom. The van der Waals surface area contributed by atoms with E-state index in [1.54, 1.807) is 4.52 Å². The van der Waals surface area contributed by atoms with E-state index in [4.69, 9.17) is 10.8 Å². The number of halogens is 1. The van der Waals surface area contributed by atoms with Gasteiger partial charge < -0.3 is 11.1 Å². The molecule has 0 aliphatic rings. The zero-order chi connectivity index (χ0) is 19.1. The van der Waals surface area contributed by atoms with E-state index in [1.807, 2.05) is 72.8 Å². The fraction of sp³-hybridized carbons (Fsp3) is 0. The third-order valence-electron chi connectivity index (χ3n) is 4.52. The van der Waals surface area contributed by atoms with E-state index < -0.39 is 0 Å². The second-order valence-electron chi connectivity index (χ2n) is 6.41. The van der Waals surface area contributed by atoms with Gasteiger partial charge in [-0.3, -0.25) is 0 Å². The van der Waals surface area contributed by atoms with Crippen LogP contribution in [0.3, 0.4) is 0 Å². The number of rotatable bonds is 3. The molecule has 0 saturated carbocycles. The van der Waals surface area contributed by atoms with Gasteiger partial charge in [-0.2, -0.15) is 4.52 Å². The average molecular weight is 431 g/mol. The Morgan fingerprint density at radius 3 is 2.43 bits per heavy atom. The van der Waals surface area contributed by atoms with E-state index in [0.717, 1.165) is 26.5 Å². The highest BCUT2D eigenvalue weighted by molar-refractivity contribution is 9.10. The first-order chi connectivity index (χ1) is 13.7. The van der Waals surface area contributed by atoms with E-state index in [0.29, 0.717) is 23.0 Å². The average Bonchev–Trinajstić information content (AvgIpc) is 3.13. The third kappa shape index (κ3) is 2.86. The Morgan fingerprint density at radius 1 is 0.857 bits per heavy atom. The van der Waals surface area contributed by atoms with Crippen molar-refractivity contribution >= 4 is 49.5 Å². The normalized spacial score (nSPS) is 11.2. The van der Waals surface area contributed by atoms with Gasteiger partial charge in [0.2, 0.25) is 0 Å². The summed E-state index contributed by atoms with van der Waals surface area (Å²) in [4.78, 5) is 0. The second kappa shape index (κ2) is 6.61. The van der Waals surface area contributed by atoms with Crippen molar-refractivity contribution in [3.05, 3.63) is 77.3 Å². The van der Waals surface area contributed by atoms with Crippen molar-refractivity contribution < 1.29 is 0 Å². The van der Waals surface area contributed by atoms with Gasteiger partial charge in [0.1, 0.15) is 0 Å². The number of benzene rings is 3. The lowest BCUT2D eigenvalue weighted by molar-refractivity contribution is 0.951. The molecule has 0 aliphatic heterocycles. The summed E-state index contributed by atoms with van der Waals surface area (Å²) in [5, 5.41) is 18.9. The van der Waals surface area contributed by atoms with E-state index in [2.05, 4.69) is 31.4 Å². The number of nitrogens with two attached hydrogens (primary N) is 1. The van der Waals surface area contributed by atoms with Gasteiger partial charge in [-0.1, -0.05) is 58.4 Å². The number of hydrogen-bond donors (Lipinski definition) is 2. The van der Waals surface area contributed by atoms with Crippen molar-refractivity contribution in [2.45, 2.75) is 0 Å². The first kappa shape index (κ1) is 16.7. The lowest BCUT2D eigenvalue weighted by Gasteiger charge is -2.11. The zero-order valence-corrected chi connectivity index (χ0v) is 16.3. The number of hydrogen-bond acceptors (Lipinski definition) is 5. The molecule has 0 aliphatic carbocycles. The molecular formula is C21H15BrN6. The minimum atomic E-state index is 0.684. The quantitative estimate of drug-likeness (QED) is 0.392. The second-order valence-corrected chi connectivity index (χ2v) is 7.33. The van der Waals surface area contributed by atoms with Crippen molar-refractivity contribution in [2.24, 2.45) is 0 Å². The number of aromatic nitrogens is 4. The Bertz CT molecular complexity index is 1310. The Kier molecular flexibility index (Phi) is 3.95. The molecule has 136 valence electrons. The van der Waals surface area contributed by atoms with E-state index >= 15 is 0 Å². The smallest absolute Gasteiger partial charge is 0.186 e. The summed E-state index contributed by atoms with van der Waals surface area (Å²) in [6.07, 6.45) is 0. The zero-order valence-electron chi connectivity index (χ0n) is 14.7. The molecule has 0 unspecified atom stereocenters. The Labute approximate surface area is 169 Å². The van der Waals surface area contributed by atoms with Gasteiger partial charge in [0, 0.05) is 32.2 Å². The number of fused-ring (bicyclic) bond motifs is 3. The van der Waals surface area contributed by atoms with E-state index in [1.165, 1.54) is 0 Å². The molecule has 0 amide bonds. The molecule has 6 nitrogen and oxygen atoms in total. The first-order valence-electron chi connectivity index (χ1n) is 8.72. The van der Waals surface area contributed by atoms with Gasteiger partial charge in [0.15, 0.2) is 17.3 Å². The van der Waals surface area contributed by atoms with Crippen LogP contribution < -0.4 is 11.1 Å². The van der Waals surface area contributed by atoms with Crippen LogP contribution >= 0.6 is 15.9 Å². The molecule has 7 heteroatoms. The van der Waals surface area contributed by atoms with Crippen LogP contribution in [0.15, 0.2) is 77.3 Å². The van der Waals surface area contributed by atoms with Crippen molar-refractivity contribution in [3.8, 4) is 11.4 Å². The summed E-state index contributed by atoms with van der Waals surface area (Å²) in [5.41, 5.74) is 9.14. The number of anilines is 3. The predicted molar refractivity (Wildman–Crippen MR) is 116 cm³/mol. The summed E-state index contributed by atoms with van der Waals surface area (Å²) in [7, 11) is 0. The Hall–Kier alpha value is -3.45. The molecule has 5 rings (SSSR count). The van der Waals surface area contributed by atoms with Crippen molar-refractivity contribution in [2.75, 3.05) is 11.1 Å². The topological polar surface area (TPSA) is 81.1 Å². The number of nitrogen functional groups attached to an aromatic ring is 1. The standard InChI is InChI=1S/C21H15BrN6/c22-14-10-8-13(9-11-14)20-25-26-21-18-7-2-1-6-17(18)19(27-28(20)21)24-16-5-3-4-15(23)12-16/h1-12H,23H2,(H,24,27). The maximum absolute atomic E-state index is 5.92. The monoisotopic (exact) mass is 430 g/mol. The summed E-state index contributed by atoms with van der Waals surface area (Å²) in [6, 6.07) is 23.5.